The minimum Gasteiger partial charge on any atom is -0.477 e. The van der Waals surface area contributed by atoms with E-state index < -0.39 is 11.7 Å². The number of amides is 3. The molecule has 0 radical (unpaired) electrons. The second-order valence-corrected chi connectivity index (χ2v) is 9.06. The van der Waals surface area contributed by atoms with Gasteiger partial charge in [-0.3, -0.25) is 9.59 Å². The van der Waals surface area contributed by atoms with E-state index in [0.717, 1.165) is 6.42 Å². The maximum Gasteiger partial charge on any atom is 0.410 e. The van der Waals surface area contributed by atoms with Crippen molar-refractivity contribution >= 4 is 23.6 Å². The number of carbonyl (C=O) groups is 3. The molecule has 1 fully saturated rings. The molecule has 1 aromatic rings. The summed E-state index contributed by atoms with van der Waals surface area (Å²) in [7, 11) is 0. The molecule has 1 atom stereocenters. The van der Waals surface area contributed by atoms with E-state index in [1.165, 1.54) is 0 Å². The molecule has 0 aliphatic carbocycles. The summed E-state index contributed by atoms with van der Waals surface area (Å²) < 4.78 is 11.3. The summed E-state index contributed by atoms with van der Waals surface area (Å²) in [4.78, 5) is 41.6. The van der Waals surface area contributed by atoms with Crippen LogP contribution in [-0.4, -0.2) is 60.7 Å². The Morgan fingerprint density at radius 2 is 1.84 bits per heavy atom. The quantitative estimate of drug-likeness (QED) is 0.792. The number of para-hydroxylation sites is 2. The molecule has 2 heterocycles. The molecule has 31 heavy (non-hydrogen) atoms. The van der Waals surface area contributed by atoms with Gasteiger partial charge in [-0.25, -0.2) is 4.79 Å². The molecule has 8 heteroatoms. The fourth-order valence-corrected chi connectivity index (χ4v) is 3.80. The standard InChI is InChI=1S/C23H33N3O5/c1-5-12-24-20(27)19-15-26(17-8-6-7-9-18(17)30-19)21(28)16-10-13-25(14-11-16)22(29)31-23(2,3)4/h6-9,16,19H,5,10-15H2,1-4H3,(H,24,27)/t19-/m0/s1. The molecule has 0 spiro atoms. The van der Waals surface area contributed by atoms with Crippen molar-refractivity contribution in [3.63, 3.8) is 0 Å². The van der Waals surface area contributed by atoms with E-state index in [4.69, 9.17) is 9.47 Å². The zero-order valence-corrected chi connectivity index (χ0v) is 18.8. The first-order chi connectivity index (χ1) is 14.7. The van der Waals surface area contributed by atoms with E-state index in [9.17, 15) is 14.4 Å². The maximum atomic E-state index is 13.4. The third-order valence-electron chi connectivity index (χ3n) is 5.38. The Balaban J connectivity index is 1.68. The highest BCUT2D eigenvalue weighted by molar-refractivity contribution is 5.98. The molecule has 170 valence electrons. The molecule has 0 unspecified atom stereocenters. The van der Waals surface area contributed by atoms with Crippen molar-refractivity contribution in [1.82, 2.24) is 10.2 Å². The van der Waals surface area contributed by atoms with Crippen LogP contribution in [0, 0.1) is 5.92 Å². The van der Waals surface area contributed by atoms with Crippen LogP contribution in [0.1, 0.15) is 47.0 Å². The first kappa shape index (κ1) is 22.9. The summed E-state index contributed by atoms with van der Waals surface area (Å²) in [5, 5.41) is 2.85. The second kappa shape index (κ2) is 9.58. The number of rotatable bonds is 4. The van der Waals surface area contributed by atoms with Crippen LogP contribution in [0.25, 0.3) is 0 Å². The number of ether oxygens (including phenoxy) is 2. The van der Waals surface area contributed by atoms with Gasteiger partial charge < -0.3 is 24.6 Å². The van der Waals surface area contributed by atoms with Gasteiger partial charge >= 0.3 is 6.09 Å². The van der Waals surface area contributed by atoms with Crippen LogP contribution >= 0.6 is 0 Å². The van der Waals surface area contributed by atoms with Crippen molar-refractivity contribution < 1.29 is 23.9 Å². The smallest absolute Gasteiger partial charge is 0.410 e. The topological polar surface area (TPSA) is 88.2 Å². The summed E-state index contributed by atoms with van der Waals surface area (Å²) in [6.07, 6.45) is 0.859. The Morgan fingerprint density at radius 3 is 2.48 bits per heavy atom. The van der Waals surface area contributed by atoms with Crippen molar-refractivity contribution in [3.05, 3.63) is 24.3 Å². The van der Waals surface area contributed by atoms with Crippen molar-refractivity contribution in [2.75, 3.05) is 31.1 Å². The van der Waals surface area contributed by atoms with Gasteiger partial charge in [-0.15, -0.1) is 0 Å². The molecule has 0 bridgehead atoms. The van der Waals surface area contributed by atoms with Gasteiger partial charge in [-0.05, 0) is 52.2 Å². The number of anilines is 1. The Kier molecular flexibility index (Phi) is 7.08. The van der Waals surface area contributed by atoms with E-state index in [-0.39, 0.29) is 30.4 Å². The predicted octanol–water partition coefficient (Wildman–Crippen LogP) is 2.95. The zero-order valence-electron chi connectivity index (χ0n) is 18.8. The number of hydrogen-bond donors (Lipinski definition) is 1. The number of likely N-dealkylation sites (tertiary alicyclic amines) is 1. The molecular weight excluding hydrogens is 398 g/mol. The minimum atomic E-state index is -0.743. The van der Waals surface area contributed by atoms with Gasteiger partial charge in [0.2, 0.25) is 5.91 Å². The monoisotopic (exact) mass is 431 g/mol. The average molecular weight is 432 g/mol. The molecule has 0 saturated carbocycles. The number of carbonyl (C=O) groups excluding carboxylic acids is 3. The Hall–Kier alpha value is -2.77. The fraction of sp³-hybridized carbons (Fsp3) is 0.609. The highest BCUT2D eigenvalue weighted by atomic mass is 16.6. The Morgan fingerprint density at radius 1 is 1.16 bits per heavy atom. The SMILES string of the molecule is CCCNC(=O)[C@@H]1CN(C(=O)C2CCN(C(=O)OC(C)(C)C)CC2)c2ccccc2O1. The first-order valence-corrected chi connectivity index (χ1v) is 11.0. The molecule has 0 aromatic heterocycles. The van der Waals surface area contributed by atoms with Crippen LogP contribution in [0.5, 0.6) is 5.75 Å². The Labute approximate surface area is 183 Å². The number of hydrogen-bond acceptors (Lipinski definition) is 5. The molecule has 2 aliphatic heterocycles. The number of benzene rings is 1. The predicted molar refractivity (Wildman–Crippen MR) is 117 cm³/mol. The molecule has 1 N–H and O–H groups in total. The highest BCUT2D eigenvalue weighted by Crippen LogP contribution is 2.35. The van der Waals surface area contributed by atoms with Gasteiger partial charge in [0, 0.05) is 25.6 Å². The lowest BCUT2D eigenvalue weighted by molar-refractivity contribution is -0.129. The van der Waals surface area contributed by atoms with Crippen LogP contribution in [0.15, 0.2) is 24.3 Å². The van der Waals surface area contributed by atoms with Crippen molar-refractivity contribution in [1.29, 1.82) is 0 Å². The second-order valence-electron chi connectivity index (χ2n) is 9.06. The van der Waals surface area contributed by atoms with Gasteiger partial charge in [0.1, 0.15) is 11.4 Å². The summed E-state index contributed by atoms with van der Waals surface area (Å²) in [5.41, 5.74) is 0.135. The van der Waals surface area contributed by atoms with Gasteiger partial charge in [-0.1, -0.05) is 19.1 Å². The summed E-state index contributed by atoms with van der Waals surface area (Å²) in [6.45, 7) is 9.18. The minimum absolute atomic E-state index is 0.0344. The van der Waals surface area contributed by atoms with Gasteiger partial charge in [0.15, 0.2) is 6.10 Å². The van der Waals surface area contributed by atoms with E-state index in [2.05, 4.69) is 5.32 Å². The molecule has 8 nitrogen and oxygen atoms in total. The number of fused-ring (bicyclic) bond motifs is 1. The van der Waals surface area contributed by atoms with E-state index in [1.54, 1.807) is 15.9 Å². The van der Waals surface area contributed by atoms with Gasteiger partial charge in [0.25, 0.3) is 5.91 Å². The third kappa shape index (κ3) is 5.68. The first-order valence-electron chi connectivity index (χ1n) is 11.0. The van der Waals surface area contributed by atoms with Crippen molar-refractivity contribution in [3.8, 4) is 5.75 Å². The van der Waals surface area contributed by atoms with E-state index in [1.807, 2.05) is 45.9 Å². The van der Waals surface area contributed by atoms with E-state index in [0.29, 0.717) is 43.9 Å². The Bertz CT molecular complexity index is 812. The van der Waals surface area contributed by atoms with Crippen LogP contribution in [0.2, 0.25) is 0 Å². The van der Waals surface area contributed by atoms with Gasteiger partial charge in [-0.2, -0.15) is 0 Å². The summed E-state index contributed by atoms with van der Waals surface area (Å²) in [6, 6.07) is 7.29. The molecule has 1 saturated heterocycles. The number of piperidine rings is 1. The van der Waals surface area contributed by atoms with Crippen LogP contribution in [-0.2, 0) is 14.3 Å². The lowest BCUT2D eigenvalue weighted by Crippen LogP contribution is -2.53. The van der Waals surface area contributed by atoms with Gasteiger partial charge in [0.05, 0.1) is 12.2 Å². The third-order valence-corrected chi connectivity index (χ3v) is 5.38. The maximum absolute atomic E-state index is 13.4. The van der Waals surface area contributed by atoms with Crippen molar-refractivity contribution in [2.24, 2.45) is 5.92 Å². The largest absolute Gasteiger partial charge is 0.477 e. The summed E-state index contributed by atoms with van der Waals surface area (Å²) in [5.74, 6) is 0.0657. The van der Waals surface area contributed by atoms with Crippen LogP contribution in [0.4, 0.5) is 10.5 Å². The van der Waals surface area contributed by atoms with Crippen molar-refractivity contribution in [2.45, 2.75) is 58.7 Å². The molecular formula is C23H33N3O5. The molecule has 3 rings (SSSR count). The van der Waals surface area contributed by atoms with Crippen LogP contribution < -0.4 is 15.0 Å². The zero-order chi connectivity index (χ0) is 22.6. The fourth-order valence-electron chi connectivity index (χ4n) is 3.80. The summed E-state index contributed by atoms with van der Waals surface area (Å²) >= 11 is 0. The highest BCUT2D eigenvalue weighted by Gasteiger charge is 2.38. The molecule has 3 amide bonds. The number of nitrogens with zero attached hydrogens (tertiary/aromatic N) is 2. The average Bonchev–Trinajstić information content (AvgIpc) is 2.75. The molecule has 1 aromatic carbocycles. The van der Waals surface area contributed by atoms with Crippen LogP contribution in [0.3, 0.4) is 0 Å². The number of nitrogens with one attached hydrogen (secondary N) is 1. The van der Waals surface area contributed by atoms with E-state index >= 15 is 0 Å². The normalized spacial score (nSPS) is 19.3. The lowest BCUT2D eigenvalue weighted by Gasteiger charge is -2.38. The molecule has 2 aliphatic rings. The lowest BCUT2D eigenvalue weighted by atomic mass is 9.94.